The Kier molecular flexibility index (Phi) is 9.52. The number of benzene rings is 1. The second kappa shape index (κ2) is 11.1. The maximum absolute atomic E-state index is 12.2. The fraction of sp³-hybridized carbons (Fsp3) is 0.368. The molecule has 1 amide bonds. The van der Waals surface area contributed by atoms with Crippen molar-refractivity contribution in [2.45, 2.75) is 26.3 Å². The van der Waals surface area contributed by atoms with Gasteiger partial charge in [-0.2, -0.15) is 0 Å². The molecule has 2 aromatic rings. The molecule has 148 valence electrons. The summed E-state index contributed by atoms with van der Waals surface area (Å²) in [4.78, 5) is 16.4. The number of carbonyl (C=O) groups is 1. The number of rotatable bonds is 5. The molecule has 2 heterocycles. The third-order valence-corrected chi connectivity index (χ3v) is 4.01. The Bertz CT molecular complexity index is 753. The minimum Gasteiger partial charge on any atom is -0.439 e. The van der Waals surface area contributed by atoms with E-state index in [0.717, 1.165) is 17.7 Å². The van der Waals surface area contributed by atoms with Crippen molar-refractivity contribution in [1.29, 1.82) is 0 Å². The molecule has 0 bridgehead atoms. The highest BCUT2D eigenvalue weighted by atomic mass is 35.5. The second-order valence-electron chi connectivity index (χ2n) is 6.23. The summed E-state index contributed by atoms with van der Waals surface area (Å²) in [7, 11) is 0. The summed E-state index contributed by atoms with van der Waals surface area (Å²) < 4.78 is 11.2. The number of hydrogen-bond donors (Lipinski definition) is 2. The second-order valence-corrected chi connectivity index (χ2v) is 6.23. The lowest BCUT2D eigenvalue weighted by molar-refractivity contribution is -0.117. The molecular weight excluding hydrogens is 389 g/mol. The predicted octanol–water partition coefficient (Wildman–Crippen LogP) is 3.65. The molecule has 0 saturated carbocycles. The van der Waals surface area contributed by atoms with E-state index in [0.29, 0.717) is 37.0 Å². The Morgan fingerprint density at radius 2 is 2.11 bits per heavy atom. The first-order valence-electron chi connectivity index (χ1n) is 8.42. The van der Waals surface area contributed by atoms with E-state index in [1.165, 1.54) is 0 Å². The Labute approximate surface area is 171 Å². The van der Waals surface area contributed by atoms with Crippen LogP contribution in [0.3, 0.4) is 0 Å². The zero-order valence-electron chi connectivity index (χ0n) is 15.4. The maximum atomic E-state index is 12.2. The van der Waals surface area contributed by atoms with Gasteiger partial charge < -0.3 is 20.1 Å². The Morgan fingerprint density at radius 1 is 1.30 bits per heavy atom. The van der Waals surface area contributed by atoms with Crippen molar-refractivity contribution >= 4 is 36.4 Å². The molecule has 2 N–H and O–H groups in total. The molecule has 1 saturated heterocycles. The molecule has 3 rings (SSSR count). The van der Waals surface area contributed by atoms with E-state index < -0.39 is 0 Å². The van der Waals surface area contributed by atoms with Crippen molar-refractivity contribution in [3.8, 4) is 11.6 Å². The molecule has 8 heteroatoms. The third-order valence-electron chi connectivity index (χ3n) is 4.01. The molecule has 1 aliphatic rings. The Hall–Kier alpha value is -1.86. The first-order chi connectivity index (χ1) is 12.1. The van der Waals surface area contributed by atoms with Gasteiger partial charge in [-0.05, 0) is 37.1 Å². The van der Waals surface area contributed by atoms with E-state index in [-0.39, 0.29) is 36.8 Å². The number of aryl methyl sites for hydroxylation is 2. The van der Waals surface area contributed by atoms with E-state index in [1.54, 1.807) is 6.20 Å². The van der Waals surface area contributed by atoms with E-state index >= 15 is 0 Å². The summed E-state index contributed by atoms with van der Waals surface area (Å²) in [5.41, 5.74) is 2.76. The van der Waals surface area contributed by atoms with Crippen molar-refractivity contribution in [3.63, 3.8) is 0 Å². The van der Waals surface area contributed by atoms with Crippen molar-refractivity contribution in [2.24, 2.45) is 0 Å². The largest absolute Gasteiger partial charge is 0.439 e. The smallest absolute Gasteiger partial charge is 0.226 e. The predicted molar refractivity (Wildman–Crippen MR) is 111 cm³/mol. The number of nitrogens with zero attached hydrogens (tertiary/aromatic N) is 1. The van der Waals surface area contributed by atoms with Crippen LogP contribution in [0.25, 0.3) is 0 Å². The van der Waals surface area contributed by atoms with Crippen LogP contribution in [0.15, 0.2) is 36.5 Å². The van der Waals surface area contributed by atoms with Gasteiger partial charge in [0.05, 0.1) is 13.2 Å². The fourth-order valence-corrected chi connectivity index (χ4v) is 2.65. The summed E-state index contributed by atoms with van der Waals surface area (Å²) in [5.74, 6) is 1.16. The maximum Gasteiger partial charge on any atom is 0.226 e. The van der Waals surface area contributed by atoms with Crippen molar-refractivity contribution in [2.75, 3.05) is 25.1 Å². The van der Waals surface area contributed by atoms with Crippen LogP contribution < -0.4 is 15.4 Å². The number of pyridine rings is 1. The van der Waals surface area contributed by atoms with Crippen LogP contribution in [0.4, 0.5) is 5.69 Å². The van der Waals surface area contributed by atoms with E-state index in [1.807, 2.05) is 44.2 Å². The minimum absolute atomic E-state index is 0. The van der Waals surface area contributed by atoms with Gasteiger partial charge in [0.1, 0.15) is 5.75 Å². The monoisotopic (exact) mass is 413 g/mol. The van der Waals surface area contributed by atoms with Crippen LogP contribution in [-0.4, -0.2) is 36.7 Å². The normalized spacial score (nSPS) is 15.9. The van der Waals surface area contributed by atoms with Crippen molar-refractivity contribution in [1.82, 2.24) is 10.3 Å². The number of aromatic nitrogens is 1. The average Bonchev–Trinajstić information content (AvgIpc) is 2.59. The third kappa shape index (κ3) is 6.99. The molecule has 1 fully saturated rings. The molecule has 6 nitrogen and oxygen atoms in total. The van der Waals surface area contributed by atoms with Gasteiger partial charge in [0, 0.05) is 43.0 Å². The molecule has 27 heavy (non-hydrogen) atoms. The van der Waals surface area contributed by atoms with Crippen LogP contribution in [0.1, 0.15) is 17.5 Å². The number of halogens is 2. The zero-order valence-corrected chi connectivity index (χ0v) is 17.0. The SMILES string of the molecule is Cc1ccnc(Oc2cc(NC(=O)CC3COCCN3)ccc2C)c1.Cl.Cl. The lowest BCUT2D eigenvalue weighted by Crippen LogP contribution is -2.43. The van der Waals surface area contributed by atoms with E-state index in [4.69, 9.17) is 9.47 Å². The van der Waals surface area contributed by atoms with Gasteiger partial charge in [-0.15, -0.1) is 24.8 Å². The number of anilines is 1. The Morgan fingerprint density at radius 3 is 2.81 bits per heavy atom. The molecule has 1 aromatic carbocycles. The highest BCUT2D eigenvalue weighted by molar-refractivity contribution is 5.91. The molecular formula is C19H25Cl2N3O3. The number of amides is 1. The van der Waals surface area contributed by atoms with Gasteiger partial charge in [-0.25, -0.2) is 4.98 Å². The molecule has 1 unspecified atom stereocenters. The molecule has 0 spiro atoms. The van der Waals surface area contributed by atoms with E-state index in [2.05, 4.69) is 15.6 Å². The lowest BCUT2D eigenvalue weighted by atomic mass is 10.1. The first-order valence-corrected chi connectivity index (χ1v) is 8.42. The summed E-state index contributed by atoms with van der Waals surface area (Å²) in [6.45, 7) is 5.99. The van der Waals surface area contributed by atoms with Gasteiger partial charge in [0.2, 0.25) is 11.8 Å². The van der Waals surface area contributed by atoms with E-state index in [9.17, 15) is 4.79 Å². The molecule has 1 aliphatic heterocycles. The van der Waals surface area contributed by atoms with Gasteiger partial charge in [-0.1, -0.05) is 6.07 Å². The number of nitrogens with one attached hydrogen (secondary N) is 2. The summed E-state index contributed by atoms with van der Waals surface area (Å²) >= 11 is 0. The number of carbonyl (C=O) groups excluding carboxylic acids is 1. The average molecular weight is 414 g/mol. The zero-order chi connectivity index (χ0) is 17.6. The van der Waals surface area contributed by atoms with Crippen molar-refractivity contribution < 1.29 is 14.3 Å². The number of morpholine rings is 1. The molecule has 0 radical (unpaired) electrons. The first kappa shape index (κ1) is 23.2. The number of ether oxygens (including phenoxy) is 2. The molecule has 0 aliphatic carbocycles. The highest BCUT2D eigenvalue weighted by Crippen LogP contribution is 2.27. The van der Waals surface area contributed by atoms with Gasteiger partial charge >= 0.3 is 0 Å². The van der Waals surface area contributed by atoms with Crippen LogP contribution in [-0.2, 0) is 9.53 Å². The van der Waals surface area contributed by atoms with Crippen molar-refractivity contribution in [3.05, 3.63) is 47.7 Å². The van der Waals surface area contributed by atoms with Crippen LogP contribution in [0.5, 0.6) is 11.6 Å². The Balaban J connectivity index is 0.00000182. The highest BCUT2D eigenvalue weighted by Gasteiger charge is 2.17. The quantitative estimate of drug-likeness (QED) is 0.782. The number of hydrogen-bond acceptors (Lipinski definition) is 5. The molecule has 1 aromatic heterocycles. The minimum atomic E-state index is -0.0496. The van der Waals surface area contributed by atoms with Crippen LogP contribution in [0, 0.1) is 13.8 Å². The molecule has 1 atom stereocenters. The van der Waals surface area contributed by atoms with Gasteiger partial charge in [0.25, 0.3) is 0 Å². The van der Waals surface area contributed by atoms with Crippen LogP contribution >= 0.6 is 24.8 Å². The standard InChI is InChI=1S/C19H23N3O3.2ClH/c1-13-5-6-21-19(9-13)25-17-10-15(4-3-14(17)2)22-18(23)11-16-12-24-8-7-20-16;;/h3-6,9-10,16,20H,7-8,11-12H2,1-2H3,(H,22,23);2*1H. The topological polar surface area (TPSA) is 72.5 Å². The fourth-order valence-electron chi connectivity index (χ4n) is 2.65. The van der Waals surface area contributed by atoms with Crippen LogP contribution in [0.2, 0.25) is 0 Å². The lowest BCUT2D eigenvalue weighted by Gasteiger charge is -2.23. The summed E-state index contributed by atoms with van der Waals surface area (Å²) in [6, 6.07) is 9.46. The van der Waals surface area contributed by atoms with Gasteiger partial charge in [-0.3, -0.25) is 4.79 Å². The summed E-state index contributed by atoms with van der Waals surface area (Å²) in [6.07, 6.45) is 2.09. The van der Waals surface area contributed by atoms with Gasteiger partial charge in [0.15, 0.2) is 0 Å². The summed E-state index contributed by atoms with van der Waals surface area (Å²) in [5, 5.41) is 6.19.